The van der Waals surface area contributed by atoms with Crippen LogP contribution in [0.3, 0.4) is 0 Å². The summed E-state index contributed by atoms with van der Waals surface area (Å²) in [6.45, 7) is 3.37. The van der Waals surface area contributed by atoms with Gasteiger partial charge < -0.3 is 4.74 Å². The third-order valence-corrected chi connectivity index (χ3v) is 3.58. The average molecular weight is 335 g/mol. The van der Waals surface area contributed by atoms with Crippen LogP contribution >= 0.6 is 0 Å². The monoisotopic (exact) mass is 335 g/mol. The molecule has 0 bridgehead atoms. The zero-order chi connectivity index (χ0) is 18.1. The van der Waals surface area contributed by atoms with Gasteiger partial charge in [-0.25, -0.2) is 0 Å². The van der Waals surface area contributed by atoms with E-state index in [1.807, 2.05) is 0 Å². The van der Waals surface area contributed by atoms with Gasteiger partial charge in [0.25, 0.3) is 5.69 Å². The standard InChI is InChI=1S/C17H21NO6/c1-3-24-16(20)10-5-4-9-15(12(2)19)17(21)13-7-6-8-14(11-13)18(22)23/h6-8,11,15H,3-5,9-10H2,1-2H3. The van der Waals surface area contributed by atoms with Gasteiger partial charge in [-0.2, -0.15) is 0 Å². The number of hydrogen-bond acceptors (Lipinski definition) is 6. The van der Waals surface area contributed by atoms with Crippen LogP contribution in [-0.4, -0.2) is 29.1 Å². The van der Waals surface area contributed by atoms with Crippen LogP contribution in [-0.2, 0) is 14.3 Å². The van der Waals surface area contributed by atoms with Crippen molar-refractivity contribution in [2.24, 2.45) is 5.92 Å². The molecule has 130 valence electrons. The van der Waals surface area contributed by atoms with Crippen molar-refractivity contribution in [2.45, 2.75) is 39.5 Å². The van der Waals surface area contributed by atoms with E-state index in [0.717, 1.165) is 0 Å². The van der Waals surface area contributed by atoms with E-state index in [-0.39, 0.29) is 29.4 Å². The van der Waals surface area contributed by atoms with Crippen molar-refractivity contribution in [3.63, 3.8) is 0 Å². The number of ketones is 2. The molecule has 1 atom stereocenters. The number of rotatable bonds is 10. The molecular formula is C17H21NO6. The Morgan fingerprint density at radius 2 is 1.96 bits per heavy atom. The van der Waals surface area contributed by atoms with Crippen molar-refractivity contribution in [3.05, 3.63) is 39.9 Å². The number of Topliss-reactive ketones (excluding diaryl/α,β-unsaturated/α-hetero) is 2. The molecule has 0 aliphatic carbocycles. The van der Waals surface area contributed by atoms with Crippen LogP contribution < -0.4 is 0 Å². The lowest BCUT2D eigenvalue weighted by molar-refractivity contribution is -0.384. The summed E-state index contributed by atoms with van der Waals surface area (Å²) in [4.78, 5) is 45.7. The topological polar surface area (TPSA) is 104 Å². The van der Waals surface area contributed by atoms with Gasteiger partial charge in [-0.15, -0.1) is 0 Å². The van der Waals surface area contributed by atoms with E-state index < -0.39 is 16.6 Å². The predicted octanol–water partition coefficient (Wildman–Crippen LogP) is 3.11. The summed E-state index contributed by atoms with van der Waals surface area (Å²) in [5.74, 6) is -1.87. The van der Waals surface area contributed by atoms with Crippen molar-refractivity contribution in [3.8, 4) is 0 Å². The van der Waals surface area contributed by atoms with E-state index in [4.69, 9.17) is 4.74 Å². The zero-order valence-corrected chi connectivity index (χ0v) is 13.8. The zero-order valence-electron chi connectivity index (χ0n) is 13.8. The molecule has 0 fully saturated rings. The molecule has 0 aliphatic rings. The minimum absolute atomic E-state index is 0.148. The first-order chi connectivity index (χ1) is 11.4. The highest BCUT2D eigenvalue weighted by molar-refractivity contribution is 6.10. The highest BCUT2D eigenvalue weighted by Gasteiger charge is 2.25. The van der Waals surface area contributed by atoms with E-state index in [0.29, 0.717) is 25.9 Å². The van der Waals surface area contributed by atoms with Gasteiger partial charge in [0.05, 0.1) is 17.4 Å². The Morgan fingerprint density at radius 3 is 2.54 bits per heavy atom. The van der Waals surface area contributed by atoms with Crippen LogP contribution in [0.2, 0.25) is 0 Å². The number of nitrogens with zero attached hydrogens (tertiary/aromatic N) is 1. The Morgan fingerprint density at radius 1 is 1.25 bits per heavy atom. The number of benzene rings is 1. The SMILES string of the molecule is CCOC(=O)CCCCC(C(C)=O)C(=O)c1cccc([N+](=O)[O-])c1. The Labute approximate surface area is 140 Å². The Hall–Kier alpha value is -2.57. The number of carbonyl (C=O) groups is 3. The molecule has 0 aromatic heterocycles. The Bertz CT molecular complexity index is 625. The molecule has 1 rings (SSSR count). The fraction of sp³-hybridized carbons (Fsp3) is 0.471. The summed E-state index contributed by atoms with van der Waals surface area (Å²) in [6, 6.07) is 5.35. The lowest BCUT2D eigenvalue weighted by atomic mass is 9.89. The maximum Gasteiger partial charge on any atom is 0.305 e. The number of ether oxygens (including phenoxy) is 1. The average Bonchev–Trinajstić information content (AvgIpc) is 2.54. The van der Waals surface area contributed by atoms with Crippen molar-refractivity contribution in [1.82, 2.24) is 0 Å². The second-order valence-electron chi connectivity index (χ2n) is 5.39. The Kier molecular flexibility index (Phi) is 7.74. The van der Waals surface area contributed by atoms with Gasteiger partial charge >= 0.3 is 5.97 Å². The van der Waals surface area contributed by atoms with Crippen LogP contribution in [0.25, 0.3) is 0 Å². The largest absolute Gasteiger partial charge is 0.466 e. The van der Waals surface area contributed by atoms with Gasteiger partial charge in [0, 0.05) is 24.1 Å². The van der Waals surface area contributed by atoms with Gasteiger partial charge in [-0.1, -0.05) is 18.6 Å². The van der Waals surface area contributed by atoms with Crippen LogP contribution in [0.15, 0.2) is 24.3 Å². The molecule has 0 spiro atoms. The van der Waals surface area contributed by atoms with Crippen molar-refractivity contribution >= 4 is 23.2 Å². The predicted molar refractivity (Wildman–Crippen MR) is 86.7 cm³/mol. The lowest BCUT2D eigenvalue weighted by Crippen LogP contribution is -2.22. The maximum absolute atomic E-state index is 12.5. The number of unbranched alkanes of at least 4 members (excludes halogenated alkanes) is 1. The highest BCUT2D eigenvalue weighted by atomic mass is 16.6. The molecule has 0 heterocycles. The smallest absolute Gasteiger partial charge is 0.305 e. The van der Waals surface area contributed by atoms with E-state index in [1.165, 1.54) is 31.2 Å². The van der Waals surface area contributed by atoms with Crippen LogP contribution in [0.1, 0.15) is 49.9 Å². The third kappa shape index (κ3) is 5.91. The van der Waals surface area contributed by atoms with Gasteiger partial charge in [0.1, 0.15) is 5.78 Å². The molecule has 0 N–H and O–H groups in total. The molecular weight excluding hydrogens is 314 g/mol. The molecule has 7 nitrogen and oxygen atoms in total. The summed E-state index contributed by atoms with van der Waals surface area (Å²) >= 11 is 0. The van der Waals surface area contributed by atoms with E-state index in [9.17, 15) is 24.5 Å². The molecule has 0 aliphatic heterocycles. The number of nitro groups is 1. The molecule has 1 aromatic rings. The van der Waals surface area contributed by atoms with Crippen molar-refractivity contribution < 1.29 is 24.0 Å². The van der Waals surface area contributed by atoms with E-state index in [2.05, 4.69) is 0 Å². The fourth-order valence-corrected chi connectivity index (χ4v) is 2.34. The first-order valence-corrected chi connectivity index (χ1v) is 7.81. The molecule has 0 amide bonds. The first-order valence-electron chi connectivity index (χ1n) is 7.81. The van der Waals surface area contributed by atoms with Gasteiger partial charge in [0.15, 0.2) is 5.78 Å². The van der Waals surface area contributed by atoms with Gasteiger partial charge in [-0.3, -0.25) is 24.5 Å². The minimum Gasteiger partial charge on any atom is -0.466 e. The molecule has 0 radical (unpaired) electrons. The van der Waals surface area contributed by atoms with Crippen LogP contribution in [0.4, 0.5) is 5.69 Å². The number of carbonyl (C=O) groups excluding carboxylic acids is 3. The number of hydrogen-bond donors (Lipinski definition) is 0. The molecule has 1 aromatic carbocycles. The second kappa shape index (κ2) is 9.54. The van der Waals surface area contributed by atoms with E-state index in [1.54, 1.807) is 6.92 Å². The highest BCUT2D eigenvalue weighted by Crippen LogP contribution is 2.20. The molecule has 0 saturated carbocycles. The van der Waals surface area contributed by atoms with E-state index >= 15 is 0 Å². The van der Waals surface area contributed by atoms with Gasteiger partial charge in [-0.05, 0) is 26.7 Å². The normalized spacial score (nSPS) is 11.6. The lowest BCUT2D eigenvalue weighted by Gasteiger charge is -2.12. The molecule has 24 heavy (non-hydrogen) atoms. The maximum atomic E-state index is 12.5. The summed E-state index contributed by atoms with van der Waals surface area (Å²) in [5, 5.41) is 10.8. The summed E-state index contributed by atoms with van der Waals surface area (Å²) < 4.78 is 4.81. The fourth-order valence-electron chi connectivity index (χ4n) is 2.34. The molecule has 7 heteroatoms. The molecule has 1 unspecified atom stereocenters. The quantitative estimate of drug-likeness (QED) is 0.162. The van der Waals surface area contributed by atoms with Crippen LogP contribution in [0, 0.1) is 16.0 Å². The molecule has 0 saturated heterocycles. The summed E-state index contributed by atoms with van der Waals surface area (Å²) in [7, 11) is 0. The summed E-state index contributed by atoms with van der Waals surface area (Å²) in [5.41, 5.74) is -0.0414. The van der Waals surface area contributed by atoms with Gasteiger partial charge in [0.2, 0.25) is 0 Å². The summed E-state index contributed by atoms with van der Waals surface area (Å²) in [6.07, 6.45) is 1.58. The Balaban J connectivity index is 2.69. The number of non-ortho nitro benzene ring substituents is 1. The third-order valence-electron chi connectivity index (χ3n) is 3.58. The minimum atomic E-state index is -0.853. The van der Waals surface area contributed by atoms with Crippen molar-refractivity contribution in [1.29, 1.82) is 0 Å². The van der Waals surface area contributed by atoms with Crippen molar-refractivity contribution in [2.75, 3.05) is 6.61 Å². The second-order valence-corrected chi connectivity index (χ2v) is 5.39. The first kappa shape index (κ1) is 19.5. The number of nitro benzene ring substituents is 1. The van der Waals surface area contributed by atoms with Crippen LogP contribution in [0.5, 0.6) is 0 Å². The number of esters is 1.